The number of carbonyl (C=O) groups excluding carboxylic acids is 1. The number of aryl methyl sites for hydroxylation is 2. The Morgan fingerprint density at radius 2 is 1.88 bits per heavy atom. The van der Waals surface area contributed by atoms with E-state index in [0.717, 1.165) is 37.3 Å². The van der Waals surface area contributed by atoms with Crippen LogP contribution in [0.2, 0.25) is 0 Å². The van der Waals surface area contributed by atoms with Crippen molar-refractivity contribution in [3.8, 4) is 0 Å². The maximum absolute atomic E-state index is 13.0. The van der Waals surface area contributed by atoms with Gasteiger partial charge in [0.25, 0.3) is 0 Å². The number of hydrogen-bond donors (Lipinski definition) is 1. The second-order valence-corrected chi connectivity index (χ2v) is 6.71. The normalized spacial score (nSPS) is 15.1. The fourth-order valence-electron chi connectivity index (χ4n) is 3.32. The molecule has 1 aromatic carbocycles. The first kappa shape index (κ1) is 18.1. The van der Waals surface area contributed by atoms with Gasteiger partial charge in [0.05, 0.1) is 0 Å². The van der Waals surface area contributed by atoms with E-state index in [-0.39, 0.29) is 24.3 Å². The number of rotatable bonds is 4. The van der Waals surface area contributed by atoms with Crippen LogP contribution in [0.25, 0.3) is 0 Å². The van der Waals surface area contributed by atoms with E-state index in [9.17, 15) is 14.0 Å². The maximum Gasteiger partial charge on any atom is 0.348 e. The Bertz CT molecular complexity index is 840. The van der Waals surface area contributed by atoms with Crippen LogP contribution in [0.4, 0.5) is 10.1 Å². The predicted octanol–water partition coefficient (Wildman–Crippen LogP) is 1.78. The van der Waals surface area contributed by atoms with E-state index >= 15 is 0 Å². The third-order valence-corrected chi connectivity index (χ3v) is 4.70. The molecule has 1 aliphatic heterocycles. The molecule has 0 unspecified atom stereocenters. The standard InChI is InChI=1S/C19H23FN4O2/c1-13-11-14(2)24(19(26)21-13)12-18(25)22-16-7-9-23(10-8-16)17-5-3-15(20)4-6-17/h3-6,11,16H,7-10,12H2,1-2H3,(H,22,25). The topological polar surface area (TPSA) is 67.2 Å². The zero-order valence-corrected chi connectivity index (χ0v) is 15.0. The summed E-state index contributed by atoms with van der Waals surface area (Å²) in [6.07, 6.45) is 1.62. The summed E-state index contributed by atoms with van der Waals surface area (Å²) in [5.74, 6) is -0.423. The molecule has 1 aromatic heterocycles. The molecule has 2 heterocycles. The number of nitrogens with one attached hydrogen (secondary N) is 1. The lowest BCUT2D eigenvalue weighted by molar-refractivity contribution is -0.122. The number of carbonyl (C=O) groups is 1. The highest BCUT2D eigenvalue weighted by Gasteiger charge is 2.21. The highest BCUT2D eigenvalue weighted by molar-refractivity contribution is 5.76. The van der Waals surface area contributed by atoms with Crippen molar-refractivity contribution in [1.82, 2.24) is 14.9 Å². The minimum absolute atomic E-state index is 0.0177. The molecule has 7 heteroatoms. The van der Waals surface area contributed by atoms with Crippen molar-refractivity contribution in [2.75, 3.05) is 18.0 Å². The highest BCUT2D eigenvalue weighted by atomic mass is 19.1. The molecule has 0 saturated carbocycles. The van der Waals surface area contributed by atoms with Crippen LogP contribution in [0.5, 0.6) is 0 Å². The smallest absolute Gasteiger partial charge is 0.348 e. The van der Waals surface area contributed by atoms with E-state index in [4.69, 9.17) is 0 Å². The molecule has 6 nitrogen and oxygen atoms in total. The molecule has 1 saturated heterocycles. The molecule has 0 bridgehead atoms. The number of benzene rings is 1. The van der Waals surface area contributed by atoms with Crippen LogP contribution in [0.15, 0.2) is 35.1 Å². The van der Waals surface area contributed by atoms with Crippen molar-refractivity contribution in [2.45, 2.75) is 39.3 Å². The molecular weight excluding hydrogens is 335 g/mol. The van der Waals surface area contributed by atoms with E-state index in [0.29, 0.717) is 5.69 Å². The molecule has 0 spiro atoms. The Morgan fingerprint density at radius 1 is 1.23 bits per heavy atom. The molecule has 1 N–H and O–H groups in total. The summed E-state index contributed by atoms with van der Waals surface area (Å²) in [6.45, 7) is 5.12. The zero-order valence-electron chi connectivity index (χ0n) is 15.0. The first-order valence-corrected chi connectivity index (χ1v) is 8.77. The van der Waals surface area contributed by atoms with Gasteiger partial charge in [-0.2, -0.15) is 4.98 Å². The van der Waals surface area contributed by atoms with E-state index < -0.39 is 5.69 Å². The van der Waals surface area contributed by atoms with Crippen LogP contribution in [-0.2, 0) is 11.3 Å². The lowest BCUT2D eigenvalue weighted by Gasteiger charge is -2.34. The fraction of sp³-hybridized carbons (Fsp3) is 0.421. The Morgan fingerprint density at radius 3 is 2.50 bits per heavy atom. The first-order chi connectivity index (χ1) is 12.4. The van der Waals surface area contributed by atoms with Crippen LogP contribution < -0.4 is 15.9 Å². The average molecular weight is 358 g/mol. The molecule has 0 aliphatic carbocycles. The van der Waals surface area contributed by atoms with Gasteiger partial charge in [-0.25, -0.2) is 9.18 Å². The van der Waals surface area contributed by atoms with E-state index in [1.54, 1.807) is 32.0 Å². The summed E-state index contributed by atoms with van der Waals surface area (Å²) in [5.41, 5.74) is 1.97. The number of aromatic nitrogens is 2. The first-order valence-electron chi connectivity index (χ1n) is 8.77. The molecule has 26 heavy (non-hydrogen) atoms. The van der Waals surface area contributed by atoms with Crippen LogP contribution in [0.1, 0.15) is 24.2 Å². The zero-order chi connectivity index (χ0) is 18.7. The molecule has 0 atom stereocenters. The minimum Gasteiger partial charge on any atom is -0.371 e. The quantitative estimate of drug-likeness (QED) is 0.905. The summed E-state index contributed by atoms with van der Waals surface area (Å²) in [6, 6.07) is 8.32. The Labute approximate surface area is 151 Å². The number of hydrogen-bond acceptors (Lipinski definition) is 4. The molecule has 0 radical (unpaired) electrons. The van der Waals surface area contributed by atoms with Crippen LogP contribution in [0.3, 0.4) is 0 Å². The third kappa shape index (κ3) is 4.28. The van der Waals surface area contributed by atoms with E-state index in [1.807, 2.05) is 0 Å². The SMILES string of the molecule is Cc1cc(C)n(CC(=O)NC2CCN(c3ccc(F)cc3)CC2)c(=O)n1. The van der Waals surface area contributed by atoms with Crippen molar-refractivity contribution in [3.63, 3.8) is 0 Å². The number of halogens is 1. The summed E-state index contributed by atoms with van der Waals surface area (Å²) in [5, 5.41) is 3.00. The number of nitrogens with zero attached hydrogens (tertiary/aromatic N) is 3. The largest absolute Gasteiger partial charge is 0.371 e. The number of piperidine rings is 1. The second-order valence-electron chi connectivity index (χ2n) is 6.71. The van der Waals surface area contributed by atoms with Gasteiger partial charge in [-0.05, 0) is 57.0 Å². The van der Waals surface area contributed by atoms with Crippen molar-refractivity contribution in [2.24, 2.45) is 0 Å². The van der Waals surface area contributed by atoms with Gasteiger partial charge in [-0.3, -0.25) is 9.36 Å². The summed E-state index contributed by atoms with van der Waals surface area (Å²) in [7, 11) is 0. The van der Waals surface area contributed by atoms with Crippen LogP contribution in [-0.4, -0.2) is 34.6 Å². The van der Waals surface area contributed by atoms with Crippen LogP contribution >= 0.6 is 0 Å². The van der Waals surface area contributed by atoms with Crippen LogP contribution in [0, 0.1) is 19.7 Å². The van der Waals surface area contributed by atoms with Gasteiger partial charge in [-0.15, -0.1) is 0 Å². The van der Waals surface area contributed by atoms with Gasteiger partial charge < -0.3 is 10.2 Å². The summed E-state index contributed by atoms with van der Waals surface area (Å²) < 4.78 is 14.4. The predicted molar refractivity (Wildman–Crippen MR) is 97.7 cm³/mol. The minimum atomic E-state index is -0.399. The van der Waals surface area contributed by atoms with Gasteiger partial charge in [0.15, 0.2) is 0 Å². The third-order valence-electron chi connectivity index (χ3n) is 4.70. The molecule has 138 valence electrons. The molecule has 2 aromatic rings. The Balaban J connectivity index is 1.54. The molecule has 3 rings (SSSR count). The average Bonchev–Trinajstić information content (AvgIpc) is 2.59. The Hall–Kier alpha value is -2.70. The van der Waals surface area contributed by atoms with Gasteiger partial charge in [0, 0.05) is 36.2 Å². The van der Waals surface area contributed by atoms with Crippen molar-refractivity contribution in [3.05, 3.63) is 58.0 Å². The molecule has 1 amide bonds. The fourth-order valence-corrected chi connectivity index (χ4v) is 3.32. The molecule has 1 aliphatic rings. The number of amides is 1. The van der Waals surface area contributed by atoms with Crippen molar-refractivity contribution < 1.29 is 9.18 Å². The van der Waals surface area contributed by atoms with E-state index in [2.05, 4.69) is 15.2 Å². The van der Waals surface area contributed by atoms with E-state index in [1.165, 1.54) is 16.7 Å². The second kappa shape index (κ2) is 7.68. The Kier molecular flexibility index (Phi) is 5.35. The maximum atomic E-state index is 13.0. The number of anilines is 1. The highest BCUT2D eigenvalue weighted by Crippen LogP contribution is 2.20. The molecular formula is C19H23FN4O2. The summed E-state index contributed by atoms with van der Waals surface area (Å²) >= 11 is 0. The summed E-state index contributed by atoms with van der Waals surface area (Å²) in [4.78, 5) is 30.3. The molecule has 1 fully saturated rings. The van der Waals surface area contributed by atoms with Crippen molar-refractivity contribution >= 4 is 11.6 Å². The van der Waals surface area contributed by atoms with Crippen molar-refractivity contribution in [1.29, 1.82) is 0 Å². The van der Waals surface area contributed by atoms with Gasteiger partial charge >= 0.3 is 5.69 Å². The lowest BCUT2D eigenvalue weighted by atomic mass is 10.0. The van der Waals surface area contributed by atoms with Gasteiger partial charge in [0.2, 0.25) is 5.91 Å². The lowest BCUT2D eigenvalue weighted by Crippen LogP contribution is -2.46. The monoisotopic (exact) mass is 358 g/mol. The van der Waals surface area contributed by atoms with Gasteiger partial charge in [-0.1, -0.05) is 0 Å². The van der Waals surface area contributed by atoms with Gasteiger partial charge in [0.1, 0.15) is 12.4 Å².